The van der Waals surface area contributed by atoms with Gasteiger partial charge in [-0.2, -0.15) is 0 Å². The molecular formula is C12H16BrN5. The van der Waals surface area contributed by atoms with E-state index in [1.807, 2.05) is 10.8 Å². The third-order valence-corrected chi connectivity index (χ3v) is 3.08. The lowest BCUT2D eigenvalue weighted by Gasteiger charge is -2.08. The van der Waals surface area contributed by atoms with Gasteiger partial charge in [-0.05, 0) is 47.3 Å². The Bertz CT molecular complexity index is 483. The van der Waals surface area contributed by atoms with Crippen LogP contribution in [-0.4, -0.2) is 26.3 Å². The number of aryl methyl sites for hydroxylation is 2. The number of hydrogen-bond acceptors (Lipinski definition) is 4. The molecule has 96 valence electrons. The van der Waals surface area contributed by atoms with E-state index >= 15 is 0 Å². The van der Waals surface area contributed by atoms with Gasteiger partial charge in [0, 0.05) is 23.8 Å². The molecule has 2 aromatic rings. The van der Waals surface area contributed by atoms with Crippen molar-refractivity contribution in [3.63, 3.8) is 0 Å². The SMILES string of the molecule is Cc1cc(Br)cnc1NCCCCn1cnnc1. The molecule has 0 saturated heterocycles. The molecule has 0 spiro atoms. The first-order chi connectivity index (χ1) is 8.75. The van der Waals surface area contributed by atoms with Gasteiger partial charge >= 0.3 is 0 Å². The standard InChI is InChI=1S/C12H16BrN5/c1-10-6-11(13)7-15-12(10)14-4-2-3-5-18-8-16-17-9-18/h6-9H,2-5H2,1H3,(H,14,15). The van der Waals surface area contributed by atoms with Gasteiger partial charge < -0.3 is 9.88 Å². The van der Waals surface area contributed by atoms with E-state index < -0.39 is 0 Å². The van der Waals surface area contributed by atoms with E-state index in [1.165, 1.54) is 0 Å². The molecule has 0 aromatic carbocycles. The van der Waals surface area contributed by atoms with Crippen LogP contribution in [0.2, 0.25) is 0 Å². The zero-order valence-electron chi connectivity index (χ0n) is 10.3. The minimum absolute atomic E-state index is 0.928. The molecule has 2 aromatic heterocycles. The molecule has 2 rings (SSSR count). The maximum atomic E-state index is 4.34. The molecule has 0 aliphatic heterocycles. The minimum Gasteiger partial charge on any atom is -0.370 e. The van der Waals surface area contributed by atoms with E-state index in [-0.39, 0.29) is 0 Å². The van der Waals surface area contributed by atoms with Gasteiger partial charge in [-0.25, -0.2) is 4.98 Å². The first-order valence-corrected chi connectivity index (χ1v) is 6.73. The lowest BCUT2D eigenvalue weighted by Crippen LogP contribution is -2.06. The number of aromatic nitrogens is 4. The Morgan fingerprint density at radius 3 is 2.78 bits per heavy atom. The van der Waals surface area contributed by atoms with Gasteiger partial charge in [-0.1, -0.05) is 0 Å². The molecule has 0 aliphatic rings. The first kappa shape index (κ1) is 13.0. The zero-order chi connectivity index (χ0) is 12.8. The second kappa shape index (κ2) is 6.49. The Balaban J connectivity index is 1.69. The van der Waals surface area contributed by atoms with Crippen LogP contribution < -0.4 is 5.32 Å². The van der Waals surface area contributed by atoms with Crippen LogP contribution in [0.4, 0.5) is 5.82 Å². The Morgan fingerprint density at radius 1 is 1.28 bits per heavy atom. The number of anilines is 1. The molecule has 0 aliphatic carbocycles. The lowest BCUT2D eigenvalue weighted by atomic mass is 10.2. The van der Waals surface area contributed by atoms with E-state index in [0.717, 1.165) is 41.8 Å². The van der Waals surface area contributed by atoms with Crippen molar-refractivity contribution in [2.45, 2.75) is 26.3 Å². The van der Waals surface area contributed by atoms with Crippen LogP contribution in [0.5, 0.6) is 0 Å². The Hall–Kier alpha value is -1.43. The highest BCUT2D eigenvalue weighted by Gasteiger charge is 1.99. The minimum atomic E-state index is 0.928. The maximum Gasteiger partial charge on any atom is 0.128 e. The van der Waals surface area contributed by atoms with Gasteiger partial charge in [0.05, 0.1) is 0 Å². The van der Waals surface area contributed by atoms with E-state index in [2.05, 4.69) is 49.4 Å². The number of unbranched alkanes of at least 4 members (excludes halogenated alkanes) is 1. The second-order valence-electron chi connectivity index (χ2n) is 4.15. The quantitative estimate of drug-likeness (QED) is 0.833. The van der Waals surface area contributed by atoms with Crippen molar-refractivity contribution in [2.75, 3.05) is 11.9 Å². The molecule has 5 nitrogen and oxygen atoms in total. The highest BCUT2D eigenvalue weighted by molar-refractivity contribution is 9.10. The zero-order valence-corrected chi connectivity index (χ0v) is 11.9. The summed E-state index contributed by atoms with van der Waals surface area (Å²) in [5, 5.41) is 10.9. The average molecular weight is 310 g/mol. The van der Waals surface area contributed by atoms with Crippen LogP contribution in [-0.2, 0) is 6.54 Å². The predicted molar refractivity (Wildman–Crippen MR) is 74.4 cm³/mol. The summed E-state index contributed by atoms with van der Waals surface area (Å²) in [6.45, 7) is 3.94. The van der Waals surface area contributed by atoms with E-state index in [1.54, 1.807) is 12.7 Å². The van der Waals surface area contributed by atoms with Crippen LogP contribution in [0.3, 0.4) is 0 Å². The molecule has 2 heterocycles. The van der Waals surface area contributed by atoms with Crippen LogP contribution in [0.15, 0.2) is 29.4 Å². The van der Waals surface area contributed by atoms with Gasteiger partial charge in [-0.15, -0.1) is 10.2 Å². The molecule has 0 saturated carbocycles. The fourth-order valence-electron chi connectivity index (χ4n) is 1.69. The Kier molecular flexibility index (Phi) is 4.69. The van der Waals surface area contributed by atoms with Gasteiger partial charge in [0.2, 0.25) is 0 Å². The van der Waals surface area contributed by atoms with Crippen molar-refractivity contribution in [3.05, 3.63) is 35.0 Å². The summed E-state index contributed by atoms with van der Waals surface area (Å²) in [6, 6.07) is 2.06. The van der Waals surface area contributed by atoms with Crippen molar-refractivity contribution < 1.29 is 0 Å². The number of nitrogens with one attached hydrogen (secondary N) is 1. The molecule has 0 amide bonds. The average Bonchev–Trinajstić information content (AvgIpc) is 2.84. The van der Waals surface area contributed by atoms with Crippen molar-refractivity contribution in [2.24, 2.45) is 0 Å². The summed E-state index contributed by atoms with van der Waals surface area (Å²) in [5.41, 5.74) is 1.16. The predicted octanol–water partition coefficient (Wildman–Crippen LogP) is 2.64. The van der Waals surface area contributed by atoms with Crippen molar-refractivity contribution in [1.82, 2.24) is 19.7 Å². The molecule has 1 N–H and O–H groups in total. The summed E-state index contributed by atoms with van der Waals surface area (Å²) < 4.78 is 3.00. The molecular weight excluding hydrogens is 294 g/mol. The molecule has 0 atom stereocenters. The second-order valence-corrected chi connectivity index (χ2v) is 5.07. The number of rotatable bonds is 6. The normalized spacial score (nSPS) is 10.6. The van der Waals surface area contributed by atoms with E-state index in [9.17, 15) is 0 Å². The van der Waals surface area contributed by atoms with Crippen molar-refractivity contribution in [3.8, 4) is 0 Å². The summed E-state index contributed by atoms with van der Waals surface area (Å²) in [7, 11) is 0. The molecule has 0 bridgehead atoms. The van der Waals surface area contributed by atoms with Crippen LogP contribution in [0, 0.1) is 6.92 Å². The highest BCUT2D eigenvalue weighted by atomic mass is 79.9. The molecule has 0 fully saturated rings. The highest BCUT2D eigenvalue weighted by Crippen LogP contribution is 2.16. The lowest BCUT2D eigenvalue weighted by molar-refractivity contribution is 0.619. The van der Waals surface area contributed by atoms with Gasteiger partial charge in [0.25, 0.3) is 0 Å². The summed E-state index contributed by atoms with van der Waals surface area (Å²) in [4.78, 5) is 4.34. The topological polar surface area (TPSA) is 55.6 Å². The van der Waals surface area contributed by atoms with Gasteiger partial charge in [0.15, 0.2) is 0 Å². The fourth-order valence-corrected chi connectivity index (χ4v) is 2.14. The smallest absolute Gasteiger partial charge is 0.128 e. The summed E-state index contributed by atoms with van der Waals surface area (Å²) in [6.07, 6.45) is 7.49. The van der Waals surface area contributed by atoms with Gasteiger partial charge in [0.1, 0.15) is 18.5 Å². The molecule has 0 unspecified atom stereocenters. The van der Waals surface area contributed by atoms with Crippen molar-refractivity contribution >= 4 is 21.7 Å². The number of hydrogen-bond donors (Lipinski definition) is 1. The Morgan fingerprint density at radius 2 is 2.06 bits per heavy atom. The summed E-state index contributed by atoms with van der Waals surface area (Å²) >= 11 is 3.41. The Labute approximate surface area is 115 Å². The number of pyridine rings is 1. The van der Waals surface area contributed by atoms with E-state index in [0.29, 0.717) is 0 Å². The number of nitrogens with zero attached hydrogens (tertiary/aromatic N) is 4. The number of halogens is 1. The third-order valence-electron chi connectivity index (χ3n) is 2.65. The monoisotopic (exact) mass is 309 g/mol. The molecule has 0 radical (unpaired) electrons. The van der Waals surface area contributed by atoms with E-state index in [4.69, 9.17) is 0 Å². The van der Waals surface area contributed by atoms with Crippen LogP contribution in [0.1, 0.15) is 18.4 Å². The van der Waals surface area contributed by atoms with Crippen LogP contribution >= 0.6 is 15.9 Å². The molecule has 18 heavy (non-hydrogen) atoms. The van der Waals surface area contributed by atoms with Crippen LogP contribution in [0.25, 0.3) is 0 Å². The summed E-state index contributed by atoms with van der Waals surface area (Å²) in [5.74, 6) is 0.961. The van der Waals surface area contributed by atoms with Gasteiger partial charge in [-0.3, -0.25) is 0 Å². The fraction of sp³-hybridized carbons (Fsp3) is 0.417. The first-order valence-electron chi connectivity index (χ1n) is 5.94. The molecule has 6 heteroatoms. The maximum absolute atomic E-state index is 4.34. The van der Waals surface area contributed by atoms with Crippen molar-refractivity contribution in [1.29, 1.82) is 0 Å². The third kappa shape index (κ3) is 3.80. The largest absolute Gasteiger partial charge is 0.370 e.